The lowest BCUT2D eigenvalue weighted by molar-refractivity contribution is -0.0334. The molecule has 1 aliphatic rings. The number of rotatable bonds is 2. The van der Waals surface area contributed by atoms with Crippen molar-refractivity contribution in [3.05, 3.63) is 58.3 Å². The molecule has 0 radical (unpaired) electrons. The molecule has 0 aliphatic carbocycles. The first-order valence-corrected chi connectivity index (χ1v) is 10.9. The van der Waals surface area contributed by atoms with Gasteiger partial charge < -0.3 is 9.47 Å². The zero-order chi connectivity index (χ0) is 22.9. The van der Waals surface area contributed by atoms with Crippen molar-refractivity contribution in [2.75, 3.05) is 26.4 Å². The molecule has 32 heavy (non-hydrogen) atoms. The van der Waals surface area contributed by atoms with E-state index in [1.165, 1.54) is 27.2 Å². The van der Waals surface area contributed by atoms with Gasteiger partial charge in [-0.15, -0.1) is 10.2 Å². The maximum atomic E-state index is 15.1. The molecule has 5 heterocycles. The van der Waals surface area contributed by atoms with Crippen molar-refractivity contribution in [3.8, 4) is 0 Å². The lowest BCUT2D eigenvalue weighted by Gasteiger charge is -2.14. The second-order valence-electron chi connectivity index (χ2n) is 8.30. The van der Waals surface area contributed by atoms with Crippen LogP contribution in [0.1, 0.15) is 38.0 Å². The molecule has 8 nitrogen and oxygen atoms in total. The quantitative estimate of drug-likeness (QED) is 0.407. The van der Waals surface area contributed by atoms with E-state index in [4.69, 9.17) is 9.47 Å². The Kier molecular flexibility index (Phi) is 6.24. The van der Waals surface area contributed by atoms with Gasteiger partial charge in [0.15, 0.2) is 11.3 Å². The highest BCUT2D eigenvalue weighted by Gasteiger charge is 2.41. The van der Waals surface area contributed by atoms with Crippen molar-refractivity contribution in [2.24, 2.45) is 0 Å². The summed E-state index contributed by atoms with van der Waals surface area (Å²) in [5.74, 6) is -3.91. The predicted molar refractivity (Wildman–Crippen MR) is 117 cm³/mol. The number of alkyl halides is 2. The van der Waals surface area contributed by atoms with Crippen molar-refractivity contribution in [1.82, 2.24) is 29.2 Å². The van der Waals surface area contributed by atoms with Gasteiger partial charge in [0.1, 0.15) is 5.69 Å². The summed E-state index contributed by atoms with van der Waals surface area (Å²) < 4.78 is 43.4. The number of hydrogen-bond donors (Lipinski definition) is 0. The van der Waals surface area contributed by atoms with Crippen LogP contribution in [-0.4, -0.2) is 55.6 Å². The minimum Gasteiger partial charge on any atom is -0.377 e. The lowest BCUT2D eigenvalue weighted by Crippen LogP contribution is -2.22. The summed E-state index contributed by atoms with van der Waals surface area (Å²) >= 11 is 3.28. The topological polar surface area (TPSA) is 78.8 Å². The fraction of sp³-hybridized carbons (Fsp3) is 0.429. The van der Waals surface area contributed by atoms with Gasteiger partial charge in [-0.05, 0) is 40.2 Å². The van der Waals surface area contributed by atoms with E-state index in [0.29, 0.717) is 15.8 Å². The molecule has 0 N–H and O–H groups in total. The van der Waals surface area contributed by atoms with Crippen LogP contribution in [0, 0.1) is 0 Å². The molecule has 5 rings (SSSR count). The van der Waals surface area contributed by atoms with Crippen LogP contribution in [-0.2, 0) is 20.8 Å². The monoisotopic (exact) mass is 508 g/mol. The van der Waals surface area contributed by atoms with Crippen LogP contribution < -0.4 is 0 Å². The Morgan fingerprint density at radius 2 is 1.53 bits per heavy atom. The average molecular weight is 509 g/mol. The Balaban J connectivity index is 0.000000354. The van der Waals surface area contributed by atoms with Gasteiger partial charge in [0, 0.05) is 16.1 Å². The van der Waals surface area contributed by atoms with Crippen LogP contribution in [0.4, 0.5) is 8.78 Å². The summed E-state index contributed by atoms with van der Waals surface area (Å²) in [5, 5.41) is 11.6. The van der Waals surface area contributed by atoms with E-state index >= 15 is 8.78 Å². The number of aromatic nitrogens is 6. The molecular weight excluding hydrogens is 486 g/mol. The van der Waals surface area contributed by atoms with E-state index in [9.17, 15) is 0 Å². The van der Waals surface area contributed by atoms with Gasteiger partial charge in [-0.2, -0.15) is 13.9 Å². The van der Waals surface area contributed by atoms with E-state index in [0.717, 1.165) is 32.1 Å². The molecule has 0 atom stereocenters. The van der Waals surface area contributed by atoms with Crippen molar-refractivity contribution < 1.29 is 18.3 Å². The molecule has 170 valence electrons. The minimum absolute atomic E-state index is 0.203. The molecule has 1 fully saturated rings. The summed E-state index contributed by atoms with van der Waals surface area (Å²) in [7, 11) is 0. The predicted octanol–water partition coefficient (Wildman–Crippen LogP) is 4.01. The van der Waals surface area contributed by atoms with E-state index in [1.54, 1.807) is 18.3 Å². The fourth-order valence-corrected chi connectivity index (χ4v) is 3.38. The molecule has 0 aromatic carbocycles. The second kappa shape index (κ2) is 8.80. The molecule has 0 bridgehead atoms. The van der Waals surface area contributed by atoms with Gasteiger partial charge in [-0.1, -0.05) is 20.8 Å². The van der Waals surface area contributed by atoms with Gasteiger partial charge in [-0.3, -0.25) is 4.40 Å². The van der Waals surface area contributed by atoms with Crippen LogP contribution >= 0.6 is 15.9 Å². The molecule has 4 aromatic heterocycles. The Morgan fingerprint density at radius 3 is 2.16 bits per heavy atom. The molecular formula is C21H23BrF2N6O2. The largest absolute Gasteiger partial charge is 0.377 e. The van der Waals surface area contributed by atoms with E-state index in [2.05, 4.69) is 36.2 Å². The highest BCUT2D eigenvalue weighted by atomic mass is 79.9. The van der Waals surface area contributed by atoms with Crippen molar-refractivity contribution in [2.45, 2.75) is 32.1 Å². The molecule has 4 aromatic rings. The number of hydrogen-bond acceptors (Lipinski definition) is 6. The summed E-state index contributed by atoms with van der Waals surface area (Å²) in [4.78, 5) is 4.45. The van der Waals surface area contributed by atoms with E-state index < -0.39 is 17.4 Å². The smallest absolute Gasteiger partial charge is 0.350 e. The molecule has 0 spiro atoms. The number of ether oxygens (including phenoxy) is 2. The van der Waals surface area contributed by atoms with Crippen molar-refractivity contribution in [1.29, 1.82) is 0 Å². The third-order valence-corrected chi connectivity index (χ3v) is 5.27. The molecule has 0 unspecified atom stereocenters. The van der Waals surface area contributed by atoms with Gasteiger partial charge in [0.25, 0.3) is 0 Å². The maximum Gasteiger partial charge on any atom is 0.350 e. The highest BCUT2D eigenvalue weighted by Crippen LogP contribution is 2.34. The molecule has 0 saturated carbocycles. The van der Waals surface area contributed by atoms with Crippen LogP contribution in [0.2, 0.25) is 0 Å². The molecule has 11 heteroatoms. The number of nitrogens with zero attached hydrogens (tertiary/aromatic N) is 6. The Bertz CT molecular complexity index is 1220. The lowest BCUT2D eigenvalue weighted by atomic mass is 9.93. The fourth-order valence-electron chi connectivity index (χ4n) is 3.04. The summed E-state index contributed by atoms with van der Waals surface area (Å²) in [6, 6.07) is 6.13. The van der Waals surface area contributed by atoms with E-state index in [-0.39, 0.29) is 5.41 Å². The normalized spacial score (nSPS) is 15.1. The number of pyridine rings is 1. The van der Waals surface area contributed by atoms with Gasteiger partial charge in [-0.25, -0.2) is 9.50 Å². The Morgan fingerprint density at radius 1 is 0.875 bits per heavy atom. The number of fused-ring (bicyclic) bond motifs is 2. The average Bonchev–Trinajstić information content (AvgIpc) is 3.39. The van der Waals surface area contributed by atoms with Crippen LogP contribution in [0.5, 0.6) is 0 Å². The standard InChI is InChI=1S/C17H15BrF2N6.C4H8O2/c1-16(2,3)12-9-26-13(21-12)7-5-11(24-26)17(19,20)15-23-22-14-6-4-10(18)8-25(14)15;1-2-6-4-3-5-1/h4-9H,1-3H3;1-4H2. The molecule has 0 amide bonds. The summed E-state index contributed by atoms with van der Waals surface area (Å²) in [6.07, 6.45) is 3.18. The van der Waals surface area contributed by atoms with Gasteiger partial charge in [0.2, 0.25) is 5.82 Å². The first kappa shape index (κ1) is 22.7. The minimum atomic E-state index is -3.42. The number of halogens is 3. The highest BCUT2D eigenvalue weighted by molar-refractivity contribution is 9.10. The second-order valence-corrected chi connectivity index (χ2v) is 9.21. The van der Waals surface area contributed by atoms with Crippen molar-refractivity contribution in [3.63, 3.8) is 0 Å². The third-order valence-electron chi connectivity index (χ3n) is 4.80. The van der Waals surface area contributed by atoms with Crippen LogP contribution in [0.15, 0.2) is 41.1 Å². The van der Waals surface area contributed by atoms with Gasteiger partial charge in [0.05, 0.1) is 38.3 Å². The zero-order valence-electron chi connectivity index (χ0n) is 17.9. The SMILES string of the molecule is C1COCCO1.CC(C)(C)c1cn2nc(C(F)(F)c3nnc4ccc(Br)cn34)ccc2n1. The van der Waals surface area contributed by atoms with Crippen LogP contribution in [0.3, 0.4) is 0 Å². The summed E-state index contributed by atoms with van der Waals surface area (Å²) in [5.41, 5.74) is 1.01. The first-order valence-electron chi connectivity index (χ1n) is 10.1. The maximum absolute atomic E-state index is 15.1. The molecule has 1 saturated heterocycles. The Labute approximate surface area is 191 Å². The van der Waals surface area contributed by atoms with Gasteiger partial charge >= 0.3 is 5.92 Å². The molecule has 1 aliphatic heterocycles. The third kappa shape index (κ3) is 4.64. The van der Waals surface area contributed by atoms with E-state index in [1.807, 2.05) is 20.8 Å². The zero-order valence-corrected chi connectivity index (χ0v) is 19.5. The van der Waals surface area contributed by atoms with Crippen molar-refractivity contribution >= 4 is 27.2 Å². The number of imidazole rings is 1. The first-order chi connectivity index (χ1) is 15.2. The Hall–Kier alpha value is -2.50. The summed E-state index contributed by atoms with van der Waals surface area (Å²) in [6.45, 7) is 9.12. The van der Waals surface area contributed by atoms with Crippen LogP contribution in [0.25, 0.3) is 11.3 Å².